The minimum absolute atomic E-state index is 0.0312. The summed E-state index contributed by atoms with van der Waals surface area (Å²) < 4.78 is 18.5. The normalized spacial score (nSPS) is 12.5. The Morgan fingerprint density at radius 2 is 1.52 bits per heavy atom. The van der Waals surface area contributed by atoms with Crippen LogP contribution in [0.5, 0.6) is 0 Å². The van der Waals surface area contributed by atoms with Gasteiger partial charge in [0.25, 0.3) is 0 Å². The molecule has 0 aliphatic heterocycles. The van der Waals surface area contributed by atoms with Gasteiger partial charge in [0.05, 0.1) is 13.2 Å². The van der Waals surface area contributed by atoms with Crippen LogP contribution in [0.15, 0.2) is 54.6 Å². The zero-order valence-electron chi connectivity index (χ0n) is 16.5. The molecule has 0 spiro atoms. The average molecular weight is 400 g/mol. The topological polar surface area (TPSA) is 84.5 Å². The lowest BCUT2D eigenvalue weighted by molar-refractivity contribution is -0.145. The van der Waals surface area contributed by atoms with Gasteiger partial charge in [-0.2, -0.15) is 0 Å². The van der Waals surface area contributed by atoms with E-state index in [1.165, 1.54) is 19.2 Å². The molecule has 0 saturated carbocycles. The Bertz CT molecular complexity index is 842. The van der Waals surface area contributed by atoms with Crippen molar-refractivity contribution >= 4 is 17.8 Å². The fourth-order valence-corrected chi connectivity index (χ4v) is 2.85. The highest BCUT2D eigenvalue weighted by molar-refractivity contribution is 5.87. The molecule has 0 aromatic heterocycles. The Kier molecular flexibility index (Phi) is 8.33. The highest BCUT2D eigenvalue weighted by Crippen LogP contribution is 2.12. The third-order valence-corrected chi connectivity index (χ3v) is 4.46. The number of hydrogen-bond acceptors (Lipinski definition) is 4. The number of ether oxygens (including phenoxy) is 1. The van der Waals surface area contributed by atoms with Gasteiger partial charge in [-0.25, -0.2) is 9.18 Å². The van der Waals surface area contributed by atoms with E-state index in [4.69, 9.17) is 4.74 Å². The molecule has 2 N–H and O–H groups in total. The maximum atomic E-state index is 13.9. The molecule has 0 aliphatic rings. The number of carbonyl (C=O) groups excluding carboxylic acids is 3. The molecule has 154 valence electrons. The second-order valence-electron chi connectivity index (χ2n) is 6.64. The summed E-state index contributed by atoms with van der Waals surface area (Å²) in [6.45, 7) is 1.86. The van der Waals surface area contributed by atoms with Crippen molar-refractivity contribution in [2.24, 2.45) is 0 Å². The van der Waals surface area contributed by atoms with Crippen LogP contribution in [-0.4, -0.2) is 30.9 Å². The third kappa shape index (κ3) is 7.03. The van der Waals surface area contributed by atoms with Gasteiger partial charge in [-0.05, 0) is 24.1 Å². The van der Waals surface area contributed by atoms with Gasteiger partial charge in [0.2, 0.25) is 11.8 Å². The summed E-state index contributed by atoms with van der Waals surface area (Å²) in [6.07, 6.45) is -0.170. The lowest BCUT2D eigenvalue weighted by atomic mass is 10.0. The molecule has 2 atom stereocenters. The quantitative estimate of drug-likeness (QED) is 0.634. The molecule has 6 nitrogen and oxygen atoms in total. The van der Waals surface area contributed by atoms with Gasteiger partial charge in [0.15, 0.2) is 0 Å². The molecule has 7 heteroatoms. The minimum Gasteiger partial charge on any atom is -0.467 e. The summed E-state index contributed by atoms with van der Waals surface area (Å²) >= 11 is 0. The molecule has 2 aromatic carbocycles. The van der Waals surface area contributed by atoms with E-state index in [0.29, 0.717) is 0 Å². The van der Waals surface area contributed by atoms with E-state index in [1.54, 1.807) is 12.1 Å². The molecule has 0 radical (unpaired) electrons. The molecule has 0 unspecified atom stereocenters. The highest BCUT2D eigenvalue weighted by atomic mass is 19.1. The van der Waals surface area contributed by atoms with Crippen LogP contribution in [-0.2, 0) is 25.5 Å². The first-order valence-electron chi connectivity index (χ1n) is 9.35. The van der Waals surface area contributed by atoms with Crippen LogP contribution in [0.1, 0.15) is 36.9 Å². The van der Waals surface area contributed by atoms with Crippen molar-refractivity contribution in [2.75, 3.05) is 7.11 Å². The van der Waals surface area contributed by atoms with E-state index in [1.807, 2.05) is 37.3 Å². The van der Waals surface area contributed by atoms with Gasteiger partial charge < -0.3 is 15.4 Å². The molecule has 2 rings (SSSR count). The number of esters is 1. The van der Waals surface area contributed by atoms with E-state index < -0.39 is 23.7 Å². The van der Waals surface area contributed by atoms with E-state index in [0.717, 1.165) is 5.56 Å². The SMILES string of the molecule is COC(=O)[C@H](Cc1ccccc1F)NC(=O)CCC(=O)N[C@H](C)c1ccccc1. The van der Waals surface area contributed by atoms with E-state index in [-0.39, 0.29) is 36.8 Å². The van der Waals surface area contributed by atoms with Crippen LogP contribution in [0.4, 0.5) is 4.39 Å². The van der Waals surface area contributed by atoms with Crippen molar-refractivity contribution in [1.29, 1.82) is 0 Å². The lowest BCUT2D eigenvalue weighted by Gasteiger charge is -2.17. The zero-order valence-corrected chi connectivity index (χ0v) is 16.5. The second kappa shape index (κ2) is 10.9. The number of rotatable bonds is 9. The number of nitrogens with one attached hydrogen (secondary N) is 2. The van der Waals surface area contributed by atoms with Gasteiger partial charge in [0, 0.05) is 19.3 Å². The number of hydrogen-bond donors (Lipinski definition) is 2. The first-order valence-corrected chi connectivity index (χ1v) is 9.35. The van der Waals surface area contributed by atoms with Crippen molar-refractivity contribution in [3.63, 3.8) is 0 Å². The number of benzene rings is 2. The van der Waals surface area contributed by atoms with Gasteiger partial charge in [0.1, 0.15) is 11.9 Å². The predicted molar refractivity (Wildman–Crippen MR) is 106 cm³/mol. The molecule has 0 saturated heterocycles. The number of methoxy groups -OCH3 is 1. The molecule has 2 aromatic rings. The number of halogens is 1. The summed E-state index contributed by atoms with van der Waals surface area (Å²) in [5.41, 5.74) is 1.25. The Hall–Kier alpha value is -3.22. The van der Waals surface area contributed by atoms with Crippen LogP contribution >= 0.6 is 0 Å². The maximum Gasteiger partial charge on any atom is 0.328 e. The molecule has 0 heterocycles. The molecule has 0 aliphatic carbocycles. The Morgan fingerprint density at radius 3 is 2.14 bits per heavy atom. The second-order valence-corrected chi connectivity index (χ2v) is 6.64. The number of carbonyl (C=O) groups is 3. The number of amides is 2. The monoisotopic (exact) mass is 400 g/mol. The van der Waals surface area contributed by atoms with Crippen LogP contribution in [0.3, 0.4) is 0 Å². The summed E-state index contributed by atoms with van der Waals surface area (Å²) in [5, 5.41) is 5.35. The van der Waals surface area contributed by atoms with E-state index >= 15 is 0 Å². The van der Waals surface area contributed by atoms with E-state index in [2.05, 4.69) is 10.6 Å². The fraction of sp³-hybridized carbons (Fsp3) is 0.318. The smallest absolute Gasteiger partial charge is 0.328 e. The van der Waals surface area contributed by atoms with Gasteiger partial charge in [-0.1, -0.05) is 48.5 Å². The van der Waals surface area contributed by atoms with Crippen LogP contribution in [0.2, 0.25) is 0 Å². The van der Waals surface area contributed by atoms with Gasteiger partial charge >= 0.3 is 5.97 Å². The Labute approximate surface area is 169 Å². The molecular weight excluding hydrogens is 375 g/mol. The molecule has 2 amide bonds. The van der Waals surface area contributed by atoms with Crippen molar-refractivity contribution in [2.45, 2.75) is 38.3 Å². The minimum atomic E-state index is -1.03. The molecular formula is C22H25FN2O4. The maximum absolute atomic E-state index is 13.9. The third-order valence-electron chi connectivity index (χ3n) is 4.46. The molecule has 29 heavy (non-hydrogen) atoms. The standard InChI is InChI=1S/C22H25FN2O4/c1-15(16-8-4-3-5-9-16)24-20(26)12-13-21(27)25-19(22(28)29-2)14-17-10-6-7-11-18(17)23/h3-11,15,19H,12-14H2,1-2H3,(H,24,26)(H,25,27)/t15-,19+/m1/s1. The zero-order chi connectivity index (χ0) is 21.2. The Balaban J connectivity index is 1.87. The van der Waals surface area contributed by atoms with Crippen molar-refractivity contribution in [3.05, 3.63) is 71.5 Å². The van der Waals surface area contributed by atoms with E-state index in [9.17, 15) is 18.8 Å². The highest BCUT2D eigenvalue weighted by Gasteiger charge is 2.23. The van der Waals surface area contributed by atoms with Gasteiger partial charge in [-0.15, -0.1) is 0 Å². The average Bonchev–Trinajstić information content (AvgIpc) is 2.73. The fourth-order valence-electron chi connectivity index (χ4n) is 2.85. The van der Waals surface area contributed by atoms with Crippen LogP contribution in [0.25, 0.3) is 0 Å². The van der Waals surface area contributed by atoms with Crippen molar-refractivity contribution in [3.8, 4) is 0 Å². The Morgan fingerprint density at radius 1 is 0.931 bits per heavy atom. The van der Waals surface area contributed by atoms with Crippen molar-refractivity contribution in [1.82, 2.24) is 10.6 Å². The van der Waals surface area contributed by atoms with Crippen LogP contribution < -0.4 is 10.6 Å². The lowest BCUT2D eigenvalue weighted by Crippen LogP contribution is -2.43. The molecule has 0 bridgehead atoms. The first kappa shape index (κ1) is 22.1. The summed E-state index contributed by atoms with van der Waals surface area (Å²) in [6, 6.07) is 14.3. The summed E-state index contributed by atoms with van der Waals surface area (Å²) in [7, 11) is 1.20. The summed E-state index contributed by atoms with van der Waals surface area (Å²) in [5.74, 6) is -1.91. The molecule has 0 fully saturated rings. The van der Waals surface area contributed by atoms with Gasteiger partial charge in [-0.3, -0.25) is 9.59 Å². The van der Waals surface area contributed by atoms with Crippen molar-refractivity contribution < 1.29 is 23.5 Å². The van der Waals surface area contributed by atoms with Crippen LogP contribution in [0, 0.1) is 5.82 Å². The largest absolute Gasteiger partial charge is 0.467 e. The first-order chi connectivity index (χ1) is 13.9. The predicted octanol–water partition coefficient (Wildman–Crippen LogP) is 2.68. The summed E-state index contributed by atoms with van der Waals surface area (Å²) in [4.78, 5) is 36.3.